The number of benzene rings is 1. The summed E-state index contributed by atoms with van der Waals surface area (Å²) in [7, 11) is 0. The number of nitrogens with two attached hydrogens (primary N) is 1. The average Bonchev–Trinajstić information content (AvgIpc) is 2.42. The van der Waals surface area contributed by atoms with Crippen molar-refractivity contribution in [3.05, 3.63) is 28.5 Å². The molecule has 0 unspecified atom stereocenters. The number of amides is 1. The summed E-state index contributed by atoms with van der Waals surface area (Å²) < 4.78 is 13.5. The topological polar surface area (TPSA) is 55.1 Å². The lowest BCUT2D eigenvalue weighted by Gasteiger charge is -2.26. The number of nitrogens with one attached hydrogen (secondary N) is 1. The van der Waals surface area contributed by atoms with E-state index in [1.165, 1.54) is 12.1 Å². The van der Waals surface area contributed by atoms with E-state index in [4.69, 9.17) is 5.73 Å². The number of rotatable bonds is 3. The van der Waals surface area contributed by atoms with Crippen LogP contribution in [0, 0.1) is 17.7 Å². The molecule has 19 heavy (non-hydrogen) atoms. The standard InChI is InChI=1S/C14H18BrFN2O/c15-12-7-11(16)5-6-13(12)18-14(19)10-3-1-9(8-17)2-4-10/h5-7,9-10H,1-4,8,17H2,(H,18,19). The second kappa shape index (κ2) is 6.48. The van der Waals surface area contributed by atoms with Gasteiger partial charge in [0.05, 0.1) is 5.69 Å². The van der Waals surface area contributed by atoms with E-state index in [1.807, 2.05) is 0 Å². The molecular weight excluding hydrogens is 311 g/mol. The number of carbonyl (C=O) groups is 1. The number of hydrogen-bond donors (Lipinski definition) is 2. The summed E-state index contributed by atoms with van der Waals surface area (Å²) in [5.41, 5.74) is 6.26. The molecule has 1 saturated carbocycles. The third-order valence-corrected chi connectivity index (χ3v) is 4.40. The van der Waals surface area contributed by atoms with Crippen molar-refractivity contribution < 1.29 is 9.18 Å². The Morgan fingerprint density at radius 1 is 1.37 bits per heavy atom. The highest BCUT2D eigenvalue weighted by Crippen LogP contribution is 2.30. The molecule has 0 radical (unpaired) electrons. The van der Waals surface area contributed by atoms with Gasteiger partial charge < -0.3 is 11.1 Å². The van der Waals surface area contributed by atoms with Gasteiger partial charge in [0.15, 0.2) is 0 Å². The lowest BCUT2D eigenvalue weighted by Crippen LogP contribution is -2.29. The molecule has 1 aliphatic rings. The van der Waals surface area contributed by atoms with E-state index in [2.05, 4.69) is 21.2 Å². The van der Waals surface area contributed by atoms with Gasteiger partial charge in [0.1, 0.15) is 5.82 Å². The summed E-state index contributed by atoms with van der Waals surface area (Å²) in [5, 5.41) is 2.86. The van der Waals surface area contributed by atoms with Crippen molar-refractivity contribution >= 4 is 27.5 Å². The van der Waals surface area contributed by atoms with Crippen LogP contribution in [0.5, 0.6) is 0 Å². The van der Waals surface area contributed by atoms with Crippen LogP contribution in [-0.2, 0) is 4.79 Å². The van der Waals surface area contributed by atoms with E-state index >= 15 is 0 Å². The van der Waals surface area contributed by atoms with Crippen LogP contribution in [0.2, 0.25) is 0 Å². The molecule has 0 bridgehead atoms. The van der Waals surface area contributed by atoms with Crippen LogP contribution >= 0.6 is 15.9 Å². The molecule has 0 aromatic heterocycles. The molecule has 104 valence electrons. The molecule has 3 nitrogen and oxygen atoms in total. The average molecular weight is 329 g/mol. The fourth-order valence-electron chi connectivity index (χ4n) is 2.49. The Hall–Kier alpha value is -0.940. The zero-order chi connectivity index (χ0) is 13.8. The molecular formula is C14H18BrFN2O. The minimum Gasteiger partial charge on any atom is -0.330 e. The lowest BCUT2D eigenvalue weighted by molar-refractivity contribution is -0.121. The van der Waals surface area contributed by atoms with Gasteiger partial charge in [-0.15, -0.1) is 0 Å². The molecule has 0 aliphatic heterocycles. The number of halogens is 2. The fourth-order valence-corrected chi connectivity index (χ4v) is 2.94. The van der Waals surface area contributed by atoms with E-state index in [0.29, 0.717) is 22.6 Å². The Kier molecular flexibility index (Phi) is 4.93. The second-order valence-corrected chi connectivity index (χ2v) is 5.92. The van der Waals surface area contributed by atoms with Gasteiger partial charge >= 0.3 is 0 Å². The second-order valence-electron chi connectivity index (χ2n) is 5.07. The first-order valence-electron chi connectivity index (χ1n) is 6.56. The maximum Gasteiger partial charge on any atom is 0.227 e. The fraction of sp³-hybridized carbons (Fsp3) is 0.500. The predicted octanol–water partition coefficient (Wildman–Crippen LogP) is 3.29. The molecule has 1 aliphatic carbocycles. The highest BCUT2D eigenvalue weighted by Gasteiger charge is 2.25. The van der Waals surface area contributed by atoms with Crippen molar-refractivity contribution in [1.82, 2.24) is 0 Å². The molecule has 3 N–H and O–H groups in total. The van der Waals surface area contributed by atoms with Crippen LogP contribution in [0.1, 0.15) is 25.7 Å². The highest BCUT2D eigenvalue weighted by atomic mass is 79.9. The Morgan fingerprint density at radius 3 is 2.63 bits per heavy atom. The zero-order valence-corrected chi connectivity index (χ0v) is 12.2. The van der Waals surface area contributed by atoms with Crippen LogP contribution in [-0.4, -0.2) is 12.5 Å². The third-order valence-electron chi connectivity index (χ3n) is 3.74. The van der Waals surface area contributed by atoms with Crippen molar-refractivity contribution in [3.63, 3.8) is 0 Å². The maximum atomic E-state index is 13.0. The molecule has 0 heterocycles. The van der Waals surface area contributed by atoms with Crippen LogP contribution in [0.4, 0.5) is 10.1 Å². The normalized spacial score (nSPS) is 23.1. The summed E-state index contributed by atoms with van der Waals surface area (Å²) >= 11 is 3.25. The van der Waals surface area contributed by atoms with Gasteiger partial charge in [0, 0.05) is 10.4 Å². The molecule has 1 amide bonds. The Labute approximate surface area is 120 Å². The van der Waals surface area contributed by atoms with Crippen molar-refractivity contribution in [2.75, 3.05) is 11.9 Å². The van der Waals surface area contributed by atoms with Crippen LogP contribution in [0.25, 0.3) is 0 Å². The molecule has 0 spiro atoms. The molecule has 1 aromatic rings. The smallest absolute Gasteiger partial charge is 0.227 e. The monoisotopic (exact) mass is 328 g/mol. The van der Waals surface area contributed by atoms with Crippen molar-refractivity contribution in [1.29, 1.82) is 0 Å². The van der Waals surface area contributed by atoms with Gasteiger partial charge in [0.2, 0.25) is 5.91 Å². The molecule has 0 saturated heterocycles. The molecule has 2 rings (SSSR count). The first-order valence-corrected chi connectivity index (χ1v) is 7.35. The summed E-state index contributed by atoms with van der Waals surface area (Å²) in [6.45, 7) is 0.706. The third kappa shape index (κ3) is 3.76. The molecule has 0 atom stereocenters. The maximum absolute atomic E-state index is 13.0. The van der Waals surface area contributed by atoms with E-state index in [-0.39, 0.29) is 17.6 Å². The van der Waals surface area contributed by atoms with E-state index in [0.717, 1.165) is 25.7 Å². The highest BCUT2D eigenvalue weighted by molar-refractivity contribution is 9.10. The van der Waals surface area contributed by atoms with Gasteiger partial charge in [-0.1, -0.05) is 0 Å². The number of anilines is 1. The van der Waals surface area contributed by atoms with Crippen LogP contribution in [0.15, 0.2) is 22.7 Å². The predicted molar refractivity (Wildman–Crippen MR) is 77.2 cm³/mol. The Morgan fingerprint density at radius 2 is 2.05 bits per heavy atom. The van der Waals surface area contributed by atoms with Crippen molar-refractivity contribution in [2.24, 2.45) is 17.6 Å². The zero-order valence-electron chi connectivity index (χ0n) is 10.7. The van der Waals surface area contributed by atoms with Gasteiger partial charge in [-0.2, -0.15) is 0 Å². The van der Waals surface area contributed by atoms with E-state index < -0.39 is 0 Å². The summed E-state index contributed by atoms with van der Waals surface area (Å²) in [6, 6.07) is 4.26. The minimum atomic E-state index is -0.326. The molecule has 1 fully saturated rings. The van der Waals surface area contributed by atoms with Gasteiger partial charge in [-0.05, 0) is 72.3 Å². The lowest BCUT2D eigenvalue weighted by atomic mass is 9.81. The Bertz CT molecular complexity index is 459. The first-order chi connectivity index (χ1) is 9.10. The summed E-state index contributed by atoms with van der Waals surface area (Å²) in [4.78, 5) is 12.1. The van der Waals surface area contributed by atoms with Crippen LogP contribution in [0.3, 0.4) is 0 Å². The molecule has 1 aromatic carbocycles. The Balaban J connectivity index is 1.94. The van der Waals surface area contributed by atoms with Crippen molar-refractivity contribution in [2.45, 2.75) is 25.7 Å². The number of hydrogen-bond acceptors (Lipinski definition) is 2. The minimum absolute atomic E-state index is 0.0165. The SMILES string of the molecule is NCC1CCC(C(=O)Nc2ccc(F)cc2Br)CC1. The first kappa shape index (κ1) is 14.5. The number of carbonyl (C=O) groups excluding carboxylic acids is 1. The van der Waals surface area contributed by atoms with Crippen LogP contribution < -0.4 is 11.1 Å². The van der Waals surface area contributed by atoms with E-state index in [9.17, 15) is 9.18 Å². The largest absolute Gasteiger partial charge is 0.330 e. The molecule has 5 heteroatoms. The quantitative estimate of drug-likeness (QED) is 0.894. The van der Waals surface area contributed by atoms with Gasteiger partial charge in [-0.25, -0.2) is 4.39 Å². The van der Waals surface area contributed by atoms with E-state index in [1.54, 1.807) is 6.07 Å². The summed E-state index contributed by atoms with van der Waals surface area (Å²) in [5.74, 6) is 0.289. The van der Waals surface area contributed by atoms with Gasteiger partial charge in [-0.3, -0.25) is 4.79 Å². The van der Waals surface area contributed by atoms with Gasteiger partial charge in [0.25, 0.3) is 0 Å². The summed E-state index contributed by atoms with van der Waals surface area (Å²) in [6.07, 6.45) is 3.79. The van der Waals surface area contributed by atoms with Crippen molar-refractivity contribution in [3.8, 4) is 0 Å².